The second-order valence-electron chi connectivity index (χ2n) is 6.84. The predicted octanol–water partition coefficient (Wildman–Crippen LogP) is 2.45. The number of hydrogen-bond acceptors (Lipinski definition) is 4. The topological polar surface area (TPSA) is 50.8 Å². The minimum Gasteiger partial charge on any atom is -0.444 e. The van der Waals surface area contributed by atoms with Crippen molar-refractivity contribution in [1.82, 2.24) is 10.2 Å². The van der Waals surface area contributed by atoms with Gasteiger partial charge in [-0.25, -0.2) is 4.79 Å². The number of benzene rings is 1. The molecule has 1 aromatic carbocycles. The number of ether oxygens (including phenoxy) is 2. The van der Waals surface area contributed by atoms with Crippen LogP contribution in [0.15, 0.2) is 30.3 Å². The maximum atomic E-state index is 12.3. The van der Waals surface area contributed by atoms with Crippen molar-refractivity contribution in [2.75, 3.05) is 32.8 Å². The molecule has 1 N–H and O–H groups in total. The number of rotatable bonds is 5. The van der Waals surface area contributed by atoms with E-state index < -0.39 is 5.60 Å². The molecule has 0 aromatic heterocycles. The van der Waals surface area contributed by atoms with Gasteiger partial charge < -0.3 is 14.8 Å². The average molecular weight is 320 g/mol. The van der Waals surface area contributed by atoms with Crippen molar-refractivity contribution < 1.29 is 14.3 Å². The van der Waals surface area contributed by atoms with Crippen LogP contribution in [0.25, 0.3) is 0 Å². The van der Waals surface area contributed by atoms with Gasteiger partial charge in [0.1, 0.15) is 5.60 Å². The summed E-state index contributed by atoms with van der Waals surface area (Å²) in [5.41, 5.74) is 0.838. The van der Waals surface area contributed by atoms with Crippen LogP contribution in [0.2, 0.25) is 0 Å². The molecule has 0 saturated carbocycles. The van der Waals surface area contributed by atoms with E-state index >= 15 is 0 Å². The lowest BCUT2D eigenvalue weighted by atomic mass is 10.1. The van der Waals surface area contributed by atoms with Crippen LogP contribution in [0.1, 0.15) is 26.3 Å². The number of nitrogens with one attached hydrogen (secondary N) is 1. The van der Waals surface area contributed by atoms with E-state index in [0.717, 1.165) is 13.0 Å². The van der Waals surface area contributed by atoms with Crippen LogP contribution in [0.4, 0.5) is 4.79 Å². The maximum absolute atomic E-state index is 12.3. The van der Waals surface area contributed by atoms with Gasteiger partial charge in [-0.3, -0.25) is 4.90 Å². The summed E-state index contributed by atoms with van der Waals surface area (Å²) in [6.07, 6.45) is 0.719. The molecule has 2 rings (SSSR count). The van der Waals surface area contributed by atoms with E-state index in [1.807, 2.05) is 26.8 Å². The molecule has 0 aliphatic carbocycles. The molecule has 1 aliphatic heterocycles. The van der Waals surface area contributed by atoms with Gasteiger partial charge in [-0.2, -0.15) is 0 Å². The molecule has 1 unspecified atom stereocenters. The van der Waals surface area contributed by atoms with Crippen molar-refractivity contribution in [2.45, 2.75) is 38.8 Å². The lowest BCUT2D eigenvalue weighted by Crippen LogP contribution is -2.54. The molecule has 0 bridgehead atoms. The van der Waals surface area contributed by atoms with E-state index in [4.69, 9.17) is 9.47 Å². The van der Waals surface area contributed by atoms with Crippen molar-refractivity contribution in [3.05, 3.63) is 35.9 Å². The molecular formula is C18H28N2O3. The minimum absolute atomic E-state index is 0.0226. The smallest absolute Gasteiger partial charge is 0.410 e. The van der Waals surface area contributed by atoms with E-state index in [9.17, 15) is 4.79 Å². The van der Waals surface area contributed by atoms with Gasteiger partial charge in [0.2, 0.25) is 0 Å². The second kappa shape index (κ2) is 8.31. The first-order valence-electron chi connectivity index (χ1n) is 8.28. The monoisotopic (exact) mass is 320 g/mol. The Morgan fingerprint density at radius 1 is 1.35 bits per heavy atom. The summed E-state index contributed by atoms with van der Waals surface area (Å²) < 4.78 is 11.0. The summed E-state index contributed by atoms with van der Waals surface area (Å²) in [5, 5.41) is 3.42. The molecule has 1 amide bonds. The molecule has 1 saturated heterocycles. The average Bonchev–Trinajstić information content (AvgIpc) is 2.51. The largest absolute Gasteiger partial charge is 0.444 e. The molecule has 128 valence electrons. The molecule has 1 fully saturated rings. The third-order valence-corrected chi connectivity index (χ3v) is 3.67. The fourth-order valence-electron chi connectivity index (χ4n) is 2.53. The zero-order chi connectivity index (χ0) is 16.7. The number of hydrogen-bond donors (Lipinski definition) is 1. The van der Waals surface area contributed by atoms with Crippen molar-refractivity contribution in [2.24, 2.45) is 0 Å². The van der Waals surface area contributed by atoms with Crippen LogP contribution in [-0.4, -0.2) is 55.5 Å². The van der Waals surface area contributed by atoms with Gasteiger partial charge in [0.25, 0.3) is 0 Å². The minimum atomic E-state index is -0.472. The van der Waals surface area contributed by atoms with Crippen LogP contribution >= 0.6 is 0 Å². The Morgan fingerprint density at radius 2 is 2.09 bits per heavy atom. The maximum Gasteiger partial charge on any atom is 0.410 e. The Kier molecular flexibility index (Phi) is 6.42. The van der Waals surface area contributed by atoms with Gasteiger partial charge in [-0.1, -0.05) is 30.3 Å². The summed E-state index contributed by atoms with van der Waals surface area (Å²) in [6, 6.07) is 10.4. The first kappa shape index (κ1) is 17.8. The lowest BCUT2D eigenvalue weighted by molar-refractivity contribution is -0.0316. The van der Waals surface area contributed by atoms with Crippen molar-refractivity contribution in [3.63, 3.8) is 0 Å². The van der Waals surface area contributed by atoms with Gasteiger partial charge in [0.05, 0.1) is 19.3 Å². The number of carbonyl (C=O) groups is 1. The molecule has 1 aliphatic rings. The summed E-state index contributed by atoms with van der Waals surface area (Å²) in [7, 11) is 0. The van der Waals surface area contributed by atoms with Gasteiger partial charge >= 0.3 is 6.09 Å². The molecule has 5 heteroatoms. The Labute approximate surface area is 139 Å². The highest BCUT2D eigenvalue weighted by Crippen LogP contribution is 2.14. The SMILES string of the molecule is CC(C)(C)OC(=O)N1CCOCC1CNCCc1ccccc1. The van der Waals surface area contributed by atoms with Crippen LogP contribution < -0.4 is 5.32 Å². The van der Waals surface area contributed by atoms with E-state index in [2.05, 4.69) is 29.6 Å². The standard InChI is InChI=1S/C18H28N2O3/c1-18(2,3)23-17(21)20-11-12-22-14-16(20)13-19-10-9-15-7-5-4-6-8-15/h4-8,16,19H,9-14H2,1-3H3. The highest BCUT2D eigenvalue weighted by molar-refractivity contribution is 5.68. The first-order chi connectivity index (χ1) is 11.0. The fraction of sp³-hybridized carbons (Fsp3) is 0.611. The van der Waals surface area contributed by atoms with Gasteiger partial charge in [-0.15, -0.1) is 0 Å². The fourth-order valence-corrected chi connectivity index (χ4v) is 2.53. The number of nitrogens with zero attached hydrogens (tertiary/aromatic N) is 1. The summed E-state index contributed by atoms with van der Waals surface area (Å²) in [4.78, 5) is 14.1. The second-order valence-corrected chi connectivity index (χ2v) is 6.84. The number of carbonyl (C=O) groups excluding carboxylic acids is 1. The van der Waals surface area contributed by atoms with Crippen LogP contribution in [0.3, 0.4) is 0 Å². The quantitative estimate of drug-likeness (QED) is 0.847. The lowest BCUT2D eigenvalue weighted by Gasteiger charge is -2.36. The van der Waals surface area contributed by atoms with Crippen LogP contribution in [0, 0.1) is 0 Å². The molecule has 5 nitrogen and oxygen atoms in total. The Balaban J connectivity index is 1.78. The van der Waals surface area contributed by atoms with Crippen molar-refractivity contribution in [1.29, 1.82) is 0 Å². The van der Waals surface area contributed by atoms with Crippen LogP contribution in [0.5, 0.6) is 0 Å². The summed E-state index contributed by atoms with van der Waals surface area (Å²) in [6.45, 7) is 8.96. The van der Waals surface area contributed by atoms with Gasteiger partial charge in [-0.05, 0) is 39.3 Å². The molecule has 1 aromatic rings. The van der Waals surface area contributed by atoms with Crippen LogP contribution in [-0.2, 0) is 15.9 Å². The van der Waals surface area contributed by atoms with Gasteiger partial charge in [0, 0.05) is 13.1 Å². The molecular weight excluding hydrogens is 292 g/mol. The van der Waals surface area contributed by atoms with E-state index in [1.54, 1.807) is 4.90 Å². The molecule has 23 heavy (non-hydrogen) atoms. The Hall–Kier alpha value is -1.59. The number of morpholine rings is 1. The Bertz CT molecular complexity index is 485. The normalized spacial score (nSPS) is 18.7. The summed E-state index contributed by atoms with van der Waals surface area (Å²) in [5.74, 6) is 0. The highest BCUT2D eigenvalue weighted by atomic mass is 16.6. The van der Waals surface area contributed by atoms with Gasteiger partial charge in [0.15, 0.2) is 0 Å². The van der Waals surface area contributed by atoms with E-state index in [1.165, 1.54) is 5.56 Å². The zero-order valence-corrected chi connectivity index (χ0v) is 14.4. The van der Waals surface area contributed by atoms with Crippen molar-refractivity contribution >= 4 is 6.09 Å². The summed E-state index contributed by atoms with van der Waals surface area (Å²) >= 11 is 0. The molecule has 0 radical (unpaired) electrons. The molecule has 1 atom stereocenters. The van der Waals surface area contributed by atoms with Crippen molar-refractivity contribution in [3.8, 4) is 0 Å². The Morgan fingerprint density at radius 3 is 2.78 bits per heavy atom. The highest BCUT2D eigenvalue weighted by Gasteiger charge is 2.30. The molecule has 1 heterocycles. The third-order valence-electron chi connectivity index (χ3n) is 3.67. The zero-order valence-electron chi connectivity index (χ0n) is 14.4. The molecule has 0 spiro atoms. The third kappa shape index (κ3) is 6.20. The van der Waals surface area contributed by atoms with E-state index in [-0.39, 0.29) is 12.1 Å². The predicted molar refractivity (Wildman–Crippen MR) is 90.6 cm³/mol. The number of amides is 1. The first-order valence-corrected chi connectivity index (χ1v) is 8.28. The van der Waals surface area contributed by atoms with E-state index in [0.29, 0.717) is 26.3 Å².